The summed E-state index contributed by atoms with van der Waals surface area (Å²) in [6, 6.07) is 17.8. The second-order valence-corrected chi connectivity index (χ2v) is 7.51. The summed E-state index contributed by atoms with van der Waals surface area (Å²) in [7, 11) is 0. The van der Waals surface area contributed by atoms with E-state index in [1.807, 2.05) is 48.5 Å². The van der Waals surface area contributed by atoms with Crippen LogP contribution in [0.25, 0.3) is 11.0 Å². The van der Waals surface area contributed by atoms with Crippen LogP contribution >= 0.6 is 11.8 Å². The predicted octanol–water partition coefficient (Wildman–Crippen LogP) is 3.30. The van der Waals surface area contributed by atoms with Gasteiger partial charge in [0.25, 0.3) is 0 Å². The minimum absolute atomic E-state index is 0.0429. The van der Waals surface area contributed by atoms with Crippen LogP contribution in [0.3, 0.4) is 0 Å². The van der Waals surface area contributed by atoms with Crippen LogP contribution in [-0.4, -0.2) is 36.0 Å². The lowest BCUT2D eigenvalue weighted by Gasteiger charge is -2.19. The Kier molecular flexibility index (Phi) is 5.90. The highest BCUT2D eigenvalue weighted by atomic mass is 32.2. The van der Waals surface area contributed by atoms with Crippen molar-refractivity contribution in [3.63, 3.8) is 0 Å². The van der Waals surface area contributed by atoms with Crippen LogP contribution in [0.4, 0.5) is 0 Å². The molecular formula is C21H22N6OS. The Morgan fingerprint density at radius 3 is 2.69 bits per heavy atom. The van der Waals surface area contributed by atoms with Crippen LogP contribution in [0.15, 0.2) is 72.4 Å². The number of nitrogens with zero attached hydrogens (tertiary/aromatic N) is 5. The Labute approximate surface area is 173 Å². The summed E-state index contributed by atoms with van der Waals surface area (Å²) in [6.07, 6.45) is 3.15. The maximum absolute atomic E-state index is 12.7. The summed E-state index contributed by atoms with van der Waals surface area (Å²) in [5.41, 5.74) is 3.07. The summed E-state index contributed by atoms with van der Waals surface area (Å²) in [5, 5.41) is 8.15. The normalized spacial score (nSPS) is 12.2. The van der Waals surface area contributed by atoms with Gasteiger partial charge in [-0.1, -0.05) is 54.2 Å². The molecule has 29 heavy (non-hydrogen) atoms. The first-order chi connectivity index (χ1) is 14.2. The van der Waals surface area contributed by atoms with E-state index in [1.165, 1.54) is 18.1 Å². The second-order valence-electron chi connectivity index (χ2n) is 6.56. The average molecular weight is 407 g/mol. The van der Waals surface area contributed by atoms with Gasteiger partial charge in [-0.2, -0.15) is 5.10 Å². The highest BCUT2D eigenvalue weighted by Gasteiger charge is 2.17. The Morgan fingerprint density at radius 1 is 1.14 bits per heavy atom. The van der Waals surface area contributed by atoms with E-state index in [-0.39, 0.29) is 11.9 Å². The zero-order valence-electron chi connectivity index (χ0n) is 16.1. The van der Waals surface area contributed by atoms with Crippen molar-refractivity contribution in [3.8, 4) is 0 Å². The Hall–Kier alpha value is -3.13. The van der Waals surface area contributed by atoms with Crippen molar-refractivity contribution < 1.29 is 4.79 Å². The van der Waals surface area contributed by atoms with Crippen LogP contribution in [0.1, 0.15) is 18.5 Å². The maximum Gasteiger partial charge on any atom is 0.231 e. The third kappa shape index (κ3) is 4.48. The molecule has 2 aromatic heterocycles. The number of imidazole rings is 1. The zero-order chi connectivity index (χ0) is 20.1. The molecule has 0 saturated heterocycles. The number of para-hydroxylation sites is 2. The number of carbonyl (C=O) groups is 1. The topological polar surface area (TPSA) is 77.6 Å². The fourth-order valence-electron chi connectivity index (χ4n) is 3.27. The molecule has 1 N–H and O–H groups in total. The zero-order valence-corrected chi connectivity index (χ0v) is 16.9. The molecule has 148 valence electrons. The van der Waals surface area contributed by atoms with Crippen molar-refractivity contribution in [1.82, 2.24) is 29.6 Å². The highest BCUT2D eigenvalue weighted by Crippen LogP contribution is 2.24. The first-order valence-electron chi connectivity index (χ1n) is 9.49. The van der Waals surface area contributed by atoms with E-state index in [2.05, 4.69) is 37.9 Å². The standard InChI is InChI=1S/C21H22N6OS/c1-2-27-19-11-7-6-10-17(19)25-21(27)29-13-20(28)24-18(12-26-15-22-14-23-26)16-8-4-3-5-9-16/h3-11,14-15,18H,2,12-13H2,1H3,(H,24,28). The summed E-state index contributed by atoms with van der Waals surface area (Å²) in [5.74, 6) is 0.253. The van der Waals surface area contributed by atoms with E-state index >= 15 is 0 Å². The lowest BCUT2D eigenvalue weighted by molar-refractivity contribution is -0.119. The highest BCUT2D eigenvalue weighted by molar-refractivity contribution is 7.99. The molecule has 0 saturated carbocycles. The number of aromatic nitrogens is 5. The number of fused-ring (bicyclic) bond motifs is 1. The Bertz CT molecular complexity index is 1080. The van der Waals surface area contributed by atoms with Crippen LogP contribution < -0.4 is 5.32 Å². The van der Waals surface area contributed by atoms with Gasteiger partial charge < -0.3 is 9.88 Å². The SMILES string of the molecule is CCn1c(SCC(=O)NC(Cn2cncn2)c2ccccc2)nc2ccccc21. The number of hydrogen-bond donors (Lipinski definition) is 1. The summed E-state index contributed by atoms with van der Waals surface area (Å²) in [6.45, 7) is 3.42. The molecule has 8 heteroatoms. The molecule has 1 unspecified atom stereocenters. The third-order valence-corrected chi connectivity index (χ3v) is 5.62. The van der Waals surface area contributed by atoms with Crippen molar-refractivity contribution in [2.75, 3.05) is 5.75 Å². The van der Waals surface area contributed by atoms with E-state index in [0.29, 0.717) is 12.3 Å². The lowest BCUT2D eigenvalue weighted by atomic mass is 10.1. The van der Waals surface area contributed by atoms with Gasteiger partial charge in [0.15, 0.2) is 5.16 Å². The Morgan fingerprint density at radius 2 is 1.93 bits per heavy atom. The van der Waals surface area contributed by atoms with Crippen LogP contribution in [0.5, 0.6) is 0 Å². The van der Waals surface area contributed by atoms with Gasteiger partial charge in [-0.15, -0.1) is 0 Å². The van der Waals surface area contributed by atoms with E-state index in [4.69, 9.17) is 0 Å². The van der Waals surface area contributed by atoms with E-state index in [0.717, 1.165) is 28.3 Å². The van der Waals surface area contributed by atoms with Gasteiger partial charge >= 0.3 is 0 Å². The first-order valence-corrected chi connectivity index (χ1v) is 10.5. The minimum atomic E-state index is -0.184. The fraction of sp³-hybridized carbons (Fsp3) is 0.238. The number of rotatable bonds is 8. The maximum atomic E-state index is 12.7. The smallest absolute Gasteiger partial charge is 0.231 e. The monoisotopic (exact) mass is 406 g/mol. The van der Waals surface area contributed by atoms with Gasteiger partial charge in [-0.3, -0.25) is 9.48 Å². The van der Waals surface area contributed by atoms with Crippen LogP contribution in [0, 0.1) is 0 Å². The molecule has 0 radical (unpaired) electrons. The van der Waals surface area contributed by atoms with Crippen LogP contribution in [0.2, 0.25) is 0 Å². The number of carbonyl (C=O) groups excluding carboxylic acids is 1. The molecule has 1 amide bonds. The number of hydrogen-bond acceptors (Lipinski definition) is 5. The summed E-state index contributed by atoms with van der Waals surface area (Å²) >= 11 is 1.46. The van der Waals surface area contributed by atoms with Gasteiger partial charge in [0.1, 0.15) is 12.7 Å². The number of amides is 1. The van der Waals surface area contributed by atoms with Crippen molar-refractivity contribution in [2.45, 2.75) is 31.2 Å². The molecule has 4 aromatic rings. The first kappa shape index (κ1) is 19.2. The molecule has 0 spiro atoms. The number of nitrogens with one attached hydrogen (secondary N) is 1. The molecule has 0 aliphatic rings. The van der Waals surface area contributed by atoms with Crippen molar-refractivity contribution in [2.24, 2.45) is 0 Å². The predicted molar refractivity (Wildman–Crippen MR) is 113 cm³/mol. The number of thioether (sulfide) groups is 1. The summed E-state index contributed by atoms with van der Waals surface area (Å²) < 4.78 is 3.86. The largest absolute Gasteiger partial charge is 0.347 e. The second kappa shape index (κ2) is 8.91. The Balaban J connectivity index is 1.46. The van der Waals surface area contributed by atoms with Gasteiger partial charge in [-0.25, -0.2) is 9.97 Å². The van der Waals surface area contributed by atoms with Crippen molar-refractivity contribution in [1.29, 1.82) is 0 Å². The minimum Gasteiger partial charge on any atom is -0.347 e. The molecule has 0 aliphatic heterocycles. The van der Waals surface area contributed by atoms with Gasteiger partial charge in [0.2, 0.25) is 5.91 Å². The van der Waals surface area contributed by atoms with E-state index in [9.17, 15) is 4.79 Å². The number of aryl methyl sites for hydroxylation is 1. The average Bonchev–Trinajstić information content (AvgIpc) is 3.39. The van der Waals surface area contributed by atoms with Crippen molar-refractivity contribution in [3.05, 3.63) is 72.8 Å². The van der Waals surface area contributed by atoms with Gasteiger partial charge in [0.05, 0.1) is 29.4 Å². The van der Waals surface area contributed by atoms with Crippen molar-refractivity contribution >= 4 is 28.7 Å². The molecule has 2 heterocycles. The number of benzene rings is 2. The molecule has 0 bridgehead atoms. The van der Waals surface area contributed by atoms with E-state index in [1.54, 1.807) is 11.0 Å². The molecule has 7 nitrogen and oxygen atoms in total. The fourth-order valence-corrected chi connectivity index (χ4v) is 4.16. The van der Waals surface area contributed by atoms with Crippen LogP contribution in [-0.2, 0) is 17.9 Å². The molecule has 4 rings (SSSR count). The lowest BCUT2D eigenvalue weighted by Crippen LogP contribution is -2.32. The molecule has 1 atom stereocenters. The van der Waals surface area contributed by atoms with E-state index < -0.39 is 0 Å². The third-order valence-electron chi connectivity index (χ3n) is 4.64. The quantitative estimate of drug-likeness (QED) is 0.454. The molecule has 0 fully saturated rings. The molecule has 2 aromatic carbocycles. The molecular weight excluding hydrogens is 384 g/mol. The van der Waals surface area contributed by atoms with Gasteiger partial charge in [-0.05, 0) is 24.6 Å². The van der Waals surface area contributed by atoms with Gasteiger partial charge in [0, 0.05) is 6.54 Å². The molecule has 0 aliphatic carbocycles. The summed E-state index contributed by atoms with van der Waals surface area (Å²) in [4.78, 5) is 21.4.